The van der Waals surface area contributed by atoms with Gasteiger partial charge in [0.25, 0.3) is 0 Å². The molecular weight excluding hydrogens is 324 g/mol. The molecule has 1 aliphatic heterocycles. The summed E-state index contributed by atoms with van der Waals surface area (Å²) in [4.78, 5) is 14.0. The van der Waals surface area contributed by atoms with Crippen molar-refractivity contribution in [1.82, 2.24) is 19.9 Å². The van der Waals surface area contributed by atoms with E-state index in [1.54, 1.807) is 4.90 Å². The molecule has 20 heavy (non-hydrogen) atoms. The van der Waals surface area contributed by atoms with Crippen molar-refractivity contribution >= 4 is 22.0 Å². The highest BCUT2D eigenvalue weighted by Gasteiger charge is 2.38. The summed E-state index contributed by atoms with van der Waals surface area (Å²) in [6.45, 7) is 10.3. The lowest BCUT2D eigenvalue weighted by Crippen LogP contribution is -2.40. The average molecular weight is 345 g/mol. The number of rotatable bonds is 1. The van der Waals surface area contributed by atoms with E-state index in [0.29, 0.717) is 6.54 Å². The Balaban J connectivity index is 2.12. The fourth-order valence-corrected chi connectivity index (χ4v) is 2.72. The first kappa shape index (κ1) is 15.3. The summed E-state index contributed by atoms with van der Waals surface area (Å²) in [6.07, 6.45) is 0.598. The average Bonchev–Trinajstić information content (AvgIpc) is 2.82. The molecule has 0 N–H and O–H groups in total. The van der Waals surface area contributed by atoms with Crippen molar-refractivity contribution in [2.24, 2.45) is 0 Å². The summed E-state index contributed by atoms with van der Waals surface area (Å²) in [5.41, 5.74) is 0.508. The quantitative estimate of drug-likeness (QED) is 0.785. The molecule has 1 fully saturated rings. The van der Waals surface area contributed by atoms with E-state index in [-0.39, 0.29) is 18.2 Å². The van der Waals surface area contributed by atoms with E-state index in [2.05, 4.69) is 26.2 Å². The van der Waals surface area contributed by atoms with Crippen LogP contribution in [-0.2, 0) is 4.74 Å². The number of halogens is 1. The molecule has 0 radical (unpaired) electrons. The standard InChI is InChI=1S/C13H21BrN4O2/c1-8-10(18-9(2)11(14)15-16-18)6-7-17(8)12(19)20-13(3,4)5/h8,10H,6-7H2,1-5H3. The minimum atomic E-state index is -0.471. The van der Waals surface area contributed by atoms with Crippen LogP contribution >= 0.6 is 15.9 Å². The van der Waals surface area contributed by atoms with Crippen LogP contribution < -0.4 is 0 Å². The third-order valence-corrected chi connectivity index (χ3v) is 4.26. The molecule has 2 unspecified atom stereocenters. The third-order valence-electron chi connectivity index (χ3n) is 3.53. The molecule has 112 valence electrons. The molecule has 1 aromatic rings. The highest BCUT2D eigenvalue weighted by Crippen LogP contribution is 2.31. The minimum absolute atomic E-state index is 0.0390. The van der Waals surface area contributed by atoms with Crippen molar-refractivity contribution in [3.05, 3.63) is 10.3 Å². The number of carbonyl (C=O) groups excluding carboxylic acids is 1. The van der Waals surface area contributed by atoms with Gasteiger partial charge in [0.1, 0.15) is 5.60 Å². The van der Waals surface area contributed by atoms with Crippen molar-refractivity contribution < 1.29 is 9.53 Å². The van der Waals surface area contributed by atoms with Gasteiger partial charge in [0.05, 0.1) is 17.8 Å². The summed E-state index contributed by atoms with van der Waals surface area (Å²) in [6, 6.07) is 0.179. The number of hydrogen-bond donors (Lipinski definition) is 0. The molecule has 1 aromatic heterocycles. The van der Waals surface area contributed by atoms with E-state index in [4.69, 9.17) is 4.74 Å². The molecule has 0 bridgehead atoms. The lowest BCUT2D eigenvalue weighted by Gasteiger charge is -2.28. The maximum atomic E-state index is 12.2. The van der Waals surface area contributed by atoms with Crippen LogP contribution in [0.15, 0.2) is 4.60 Å². The fourth-order valence-electron chi connectivity index (χ4n) is 2.47. The molecule has 1 amide bonds. The van der Waals surface area contributed by atoms with Crippen LogP contribution in [0.25, 0.3) is 0 Å². The lowest BCUT2D eigenvalue weighted by molar-refractivity contribution is 0.0222. The first-order valence-corrected chi connectivity index (χ1v) is 7.57. The molecule has 2 heterocycles. The Kier molecular flexibility index (Phi) is 4.09. The van der Waals surface area contributed by atoms with E-state index in [1.165, 1.54) is 0 Å². The zero-order valence-corrected chi connectivity index (χ0v) is 14.1. The van der Waals surface area contributed by atoms with E-state index in [9.17, 15) is 4.79 Å². The number of likely N-dealkylation sites (tertiary alicyclic amines) is 1. The molecule has 0 saturated carbocycles. The molecule has 0 spiro atoms. The second kappa shape index (κ2) is 5.35. The van der Waals surface area contributed by atoms with Crippen LogP contribution in [0.3, 0.4) is 0 Å². The molecule has 0 aliphatic carbocycles. The van der Waals surface area contributed by atoms with E-state index >= 15 is 0 Å². The van der Waals surface area contributed by atoms with Gasteiger partial charge < -0.3 is 9.64 Å². The Morgan fingerprint density at radius 3 is 2.60 bits per heavy atom. The summed E-state index contributed by atoms with van der Waals surface area (Å²) < 4.78 is 8.08. The summed E-state index contributed by atoms with van der Waals surface area (Å²) in [5.74, 6) is 0. The van der Waals surface area contributed by atoms with Crippen LogP contribution in [0.4, 0.5) is 4.79 Å². The topological polar surface area (TPSA) is 60.2 Å². The van der Waals surface area contributed by atoms with Gasteiger partial charge in [-0.05, 0) is 57.0 Å². The number of hydrogen-bond acceptors (Lipinski definition) is 4. The summed E-state index contributed by atoms with van der Waals surface area (Å²) >= 11 is 3.37. The molecule has 6 nitrogen and oxygen atoms in total. The zero-order valence-electron chi connectivity index (χ0n) is 12.6. The lowest BCUT2D eigenvalue weighted by atomic mass is 10.1. The first-order chi connectivity index (χ1) is 9.20. The van der Waals surface area contributed by atoms with E-state index < -0.39 is 5.60 Å². The van der Waals surface area contributed by atoms with Gasteiger partial charge in [-0.15, -0.1) is 5.10 Å². The maximum Gasteiger partial charge on any atom is 0.410 e. The van der Waals surface area contributed by atoms with Crippen LogP contribution in [0.2, 0.25) is 0 Å². The second-order valence-electron chi connectivity index (χ2n) is 6.18. The fraction of sp³-hybridized carbons (Fsp3) is 0.769. The minimum Gasteiger partial charge on any atom is -0.444 e. The van der Waals surface area contributed by atoms with E-state index in [1.807, 2.05) is 39.3 Å². The van der Waals surface area contributed by atoms with Crippen LogP contribution in [-0.4, -0.2) is 44.2 Å². The van der Waals surface area contributed by atoms with Gasteiger partial charge >= 0.3 is 6.09 Å². The smallest absolute Gasteiger partial charge is 0.410 e. The van der Waals surface area contributed by atoms with E-state index in [0.717, 1.165) is 16.7 Å². The van der Waals surface area contributed by atoms with Crippen molar-refractivity contribution in [3.63, 3.8) is 0 Å². The van der Waals surface area contributed by atoms with Gasteiger partial charge in [-0.2, -0.15) is 0 Å². The van der Waals surface area contributed by atoms with Crippen molar-refractivity contribution in [1.29, 1.82) is 0 Å². The summed E-state index contributed by atoms with van der Waals surface area (Å²) in [7, 11) is 0. The van der Waals surface area contributed by atoms with Crippen LogP contribution in [0.1, 0.15) is 45.9 Å². The van der Waals surface area contributed by atoms with Crippen molar-refractivity contribution in [2.75, 3.05) is 6.54 Å². The molecule has 7 heteroatoms. The van der Waals surface area contributed by atoms with Crippen molar-refractivity contribution in [3.8, 4) is 0 Å². The van der Waals surface area contributed by atoms with Gasteiger partial charge in [-0.25, -0.2) is 9.48 Å². The normalized spacial score (nSPS) is 23.2. The molecule has 1 saturated heterocycles. The van der Waals surface area contributed by atoms with Crippen LogP contribution in [0, 0.1) is 6.92 Å². The first-order valence-electron chi connectivity index (χ1n) is 6.77. The Labute approximate surface area is 127 Å². The number of aromatic nitrogens is 3. The Bertz CT molecular complexity index is 509. The SMILES string of the molecule is Cc1c(Br)nnn1C1CCN(C(=O)OC(C)(C)C)C1C. The number of amides is 1. The highest BCUT2D eigenvalue weighted by molar-refractivity contribution is 9.10. The Morgan fingerprint density at radius 2 is 2.10 bits per heavy atom. The zero-order chi connectivity index (χ0) is 15.1. The molecule has 2 atom stereocenters. The molecule has 1 aliphatic rings. The van der Waals surface area contributed by atoms with Crippen molar-refractivity contribution in [2.45, 2.75) is 58.7 Å². The Morgan fingerprint density at radius 1 is 1.45 bits per heavy atom. The second-order valence-corrected chi connectivity index (χ2v) is 6.93. The van der Waals surface area contributed by atoms with Gasteiger partial charge in [0.2, 0.25) is 0 Å². The predicted molar refractivity (Wildman–Crippen MR) is 78.5 cm³/mol. The highest BCUT2D eigenvalue weighted by atomic mass is 79.9. The monoisotopic (exact) mass is 344 g/mol. The molecule has 0 aromatic carbocycles. The largest absolute Gasteiger partial charge is 0.444 e. The number of ether oxygens (including phenoxy) is 1. The third kappa shape index (κ3) is 2.97. The van der Waals surface area contributed by atoms with Gasteiger partial charge in [0.15, 0.2) is 4.60 Å². The van der Waals surface area contributed by atoms with Gasteiger partial charge in [-0.3, -0.25) is 0 Å². The summed E-state index contributed by atoms with van der Waals surface area (Å²) in [5, 5.41) is 8.18. The maximum absolute atomic E-state index is 12.2. The number of nitrogens with zero attached hydrogens (tertiary/aromatic N) is 4. The predicted octanol–water partition coefficient (Wildman–Crippen LogP) is 2.92. The van der Waals surface area contributed by atoms with Crippen LogP contribution in [0.5, 0.6) is 0 Å². The Hall–Kier alpha value is -1.11. The molecular formula is C13H21BrN4O2. The van der Waals surface area contributed by atoms with Gasteiger partial charge in [-0.1, -0.05) is 5.21 Å². The van der Waals surface area contributed by atoms with Gasteiger partial charge in [0, 0.05) is 6.54 Å². The molecule has 2 rings (SSSR count). The number of carbonyl (C=O) groups is 1.